The van der Waals surface area contributed by atoms with Crippen LogP contribution in [0.15, 0.2) is 41.4 Å². The first-order chi connectivity index (χ1) is 6.36. The van der Waals surface area contributed by atoms with Crippen LogP contribution < -0.4 is 0 Å². The van der Waals surface area contributed by atoms with Crippen LogP contribution in [0, 0.1) is 0 Å². The van der Waals surface area contributed by atoms with Gasteiger partial charge in [-0.2, -0.15) is 0 Å². The van der Waals surface area contributed by atoms with Gasteiger partial charge in [-0.3, -0.25) is 4.98 Å². The van der Waals surface area contributed by atoms with Crippen molar-refractivity contribution in [3.63, 3.8) is 0 Å². The zero-order chi connectivity index (χ0) is 9.68. The summed E-state index contributed by atoms with van der Waals surface area (Å²) in [6, 6.07) is 9.87. The first kappa shape index (κ1) is 10.1. The van der Waals surface area contributed by atoms with Gasteiger partial charge in [0.25, 0.3) is 0 Å². The topological polar surface area (TPSA) is 12.9 Å². The van der Waals surface area contributed by atoms with Crippen molar-refractivity contribution in [3.8, 4) is 0 Å². The maximum atomic E-state index is 4.23. The summed E-state index contributed by atoms with van der Waals surface area (Å²) in [5.41, 5.74) is 1.02. The van der Waals surface area contributed by atoms with Crippen LogP contribution in [0.5, 0.6) is 0 Å². The van der Waals surface area contributed by atoms with Gasteiger partial charge in [0.2, 0.25) is 0 Å². The second-order valence-corrected chi connectivity index (χ2v) is 2.90. The molecule has 0 bridgehead atoms. The number of nitrogens with zero attached hydrogens (tertiary/aromatic N) is 1. The lowest BCUT2D eigenvalue weighted by molar-refractivity contribution is 1.39. The summed E-state index contributed by atoms with van der Waals surface area (Å²) in [6.07, 6.45) is 1.79. The fraction of sp³-hybridized carbons (Fsp3) is 0.182. The summed E-state index contributed by atoms with van der Waals surface area (Å²) in [7, 11) is 0. The first-order valence-electron chi connectivity index (χ1n) is 4.40. The Labute approximate surface area is 84.2 Å². The van der Waals surface area contributed by atoms with E-state index in [2.05, 4.69) is 17.6 Å². The maximum absolute atomic E-state index is 4.23. The van der Waals surface area contributed by atoms with Gasteiger partial charge in [0.1, 0.15) is 0 Å². The second kappa shape index (κ2) is 4.87. The highest BCUT2D eigenvalue weighted by Gasteiger charge is 1.91. The molecule has 2 rings (SSSR count). The molecule has 0 fully saturated rings. The number of pyridine rings is 1. The molecule has 0 amide bonds. The van der Waals surface area contributed by atoms with Crippen molar-refractivity contribution in [1.29, 1.82) is 0 Å². The van der Waals surface area contributed by atoms with Crippen molar-refractivity contribution >= 4 is 23.5 Å². The van der Waals surface area contributed by atoms with E-state index in [0.717, 1.165) is 15.8 Å². The lowest BCUT2D eigenvalue weighted by atomic mass is 10.2. The molecule has 13 heavy (non-hydrogen) atoms. The van der Waals surface area contributed by atoms with Gasteiger partial charge in [0.15, 0.2) is 0 Å². The van der Waals surface area contributed by atoms with Gasteiger partial charge in [-0.25, -0.2) is 0 Å². The molecular weight excluding hydrogens is 178 g/mol. The molecule has 0 unspecified atom stereocenters. The van der Waals surface area contributed by atoms with Gasteiger partial charge in [0.05, 0.1) is 5.52 Å². The lowest BCUT2D eigenvalue weighted by Gasteiger charge is -1.95. The van der Waals surface area contributed by atoms with E-state index in [1.54, 1.807) is 6.20 Å². The molecule has 1 aromatic heterocycles. The summed E-state index contributed by atoms with van der Waals surface area (Å²) in [6.45, 7) is 4.00. The molecule has 68 valence electrons. The molecule has 0 spiro atoms. The Morgan fingerprint density at radius 2 is 1.92 bits per heavy atom. The second-order valence-electron chi connectivity index (χ2n) is 2.38. The average molecular weight is 191 g/mol. The number of thiol groups is 1. The number of hydrogen-bond donors (Lipinski definition) is 1. The van der Waals surface area contributed by atoms with E-state index < -0.39 is 0 Å². The Hall–Kier alpha value is -1.02. The lowest BCUT2D eigenvalue weighted by Crippen LogP contribution is -1.75. The molecular formula is C11H13NS. The molecule has 0 aliphatic rings. The van der Waals surface area contributed by atoms with Gasteiger partial charge >= 0.3 is 0 Å². The van der Waals surface area contributed by atoms with Gasteiger partial charge in [-0.15, -0.1) is 12.6 Å². The van der Waals surface area contributed by atoms with Crippen molar-refractivity contribution in [3.05, 3.63) is 36.5 Å². The Balaban J connectivity index is 0.000000396. The van der Waals surface area contributed by atoms with Crippen LogP contribution in [-0.4, -0.2) is 4.98 Å². The SMILES string of the molecule is CC.Sc1ccc2ncccc2c1. The Morgan fingerprint density at radius 1 is 1.15 bits per heavy atom. The fourth-order valence-electron chi connectivity index (χ4n) is 1.06. The van der Waals surface area contributed by atoms with E-state index in [0.29, 0.717) is 0 Å². The Bertz CT molecular complexity index is 385. The molecule has 1 nitrogen and oxygen atoms in total. The van der Waals surface area contributed by atoms with Gasteiger partial charge in [-0.1, -0.05) is 19.9 Å². The highest BCUT2D eigenvalue weighted by atomic mass is 32.1. The summed E-state index contributed by atoms with van der Waals surface area (Å²) in [4.78, 5) is 5.17. The monoisotopic (exact) mass is 191 g/mol. The predicted octanol–water partition coefficient (Wildman–Crippen LogP) is 3.55. The van der Waals surface area contributed by atoms with Crippen LogP contribution >= 0.6 is 12.6 Å². The van der Waals surface area contributed by atoms with E-state index in [9.17, 15) is 0 Å². The molecule has 0 saturated heterocycles. The Morgan fingerprint density at radius 3 is 2.69 bits per heavy atom. The number of fused-ring (bicyclic) bond motifs is 1. The van der Waals surface area contributed by atoms with Crippen LogP contribution in [0.3, 0.4) is 0 Å². The highest BCUT2D eigenvalue weighted by molar-refractivity contribution is 7.80. The third-order valence-electron chi connectivity index (χ3n) is 1.59. The van der Waals surface area contributed by atoms with Crippen molar-refractivity contribution in [2.45, 2.75) is 18.7 Å². The third kappa shape index (κ3) is 2.46. The molecule has 1 aromatic carbocycles. The van der Waals surface area contributed by atoms with E-state index >= 15 is 0 Å². The molecule has 0 N–H and O–H groups in total. The zero-order valence-electron chi connectivity index (χ0n) is 7.86. The smallest absolute Gasteiger partial charge is 0.0702 e. The maximum Gasteiger partial charge on any atom is 0.0702 e. The summed E-state index contributed by atoms with van der Waals surface area (Å²) >= 11 is 4.23. The average Bonchev–Trinajstić information content (AvgIpc) is 2.21. The van der Waals surface area contributed by atoms with E-state index in [1.165, 1.54) is 0 Å². The quantitative estimate of drug-likeness (QED) is 0.628. The summed E-state index contributed by atoms with van der Waals surface area (Å²) in [5.74, 6) is 0. The molecule has 2 heteroatoms. The molecule has 0 radical (unpaired) electrons. The van der Waals surface area contributed by atoms with E-state index in [1.807, 2.05) is 44.2 Å². The van der Waals surface area contributed by atoms with Crippen LogP contribution in [0.2, 0.25) is 0 Å². The number of hydrogen-bond acceptors (Lipinski definition) is 2. The van der Waals surface area contributed by atoms with Gasteiger partial charge in [0, 0.05) is 16.5 Å². The van der Waals surface area contributed by atoms with Crippen LogP contribution in [0.4, 0.5) is 0 Å². The number of benzene rings is 1. The minimum Gasteiger partial charge on any atom is -0.256 e. The van der Waals surface area contributed by atoms with E-state index in [-0.39, 0.29) is 0 Å². The molecule has 0 aliphatic heterocycles. The minimum atomic E-state index is 0.977. The molecule has 1 heterocycles. The van der Waals surface area contributed by atoms with Crippen LogP contribution in [0.1, 0.15) is 13.8 Å². The molecule has 0 saturated carbocycles. The Kier molecular flexibility index (Phi) is 3.77. The van der Waals surface area contributed by atoms with Crippen molar-refractivity contribution < 1.29 is 0 Å². The third-order valence-corrected chi connectivity index (χ3v) is 1.86. The van der Waals surface area contributed by atoms with Crippen molar-refractivity contribution in [2.75, 3.05) is 0 Å². The first-order valence-corrected chi connectivity index (χ1v) is 4.85. The van der Waals surface area contributed by atoms with Crippen molar-refractivity contribution in [1.82, 2.24) is 4.98 Å². The molecule has 0 atom stereocenters. The molecule has 2 aromatic rings. The summed E-state index contributed by atoms with van der Waals surface area (Å²) < 4.78 is 0. The van der Waals surface area contributed by atoms with Gasteiger partial charge < -0.3 is 0 Å². The normalized spacial score (nSPS) is 9.15. The standard InChI is InChI=1S/C9H7NS.C2H6/c11-8-3-4-9-7(6-8)2-1-5-10-9;1-2/h1-6,11H;1-2H3. The van der Waals surface area contributed by atoms with Crippen molar-refractivity contribution in [2.24, 2.45) is 0 Å². The number of aromatic nitrogens is 1. The predicted molar refractivity (Wildman–Crippen MR) is 60.3 cm³/mol. The highest BCUT2D eigenvalue weighted by Crippen LogP contribution is 2.14. The van der Waals surface area contributed by atoms with E-state index in [4.69, 9.17) is 0 Å². The largest absolute Gasteiger partial charge is 0.256 e. The number of rotatable bonds is 0. The van der Waals surface area contributed by atoms with Gasteiger partial charge in [-0.05, 0) is 24.3 Å². The zero-order valence-corrected chi connectivity index (χ0v) is 8.75. The molecule has 0 aliphatic carbocycles. The summed E-state index contributed by atoms with van der Waals surface area (Å²) in [5, 5.41) is 1.14. The van der Waals surface area contributed by atoms with Crippen LogP contribution in [-0.2, 0) is 0 Å². The minimum absolute atomic E-state index is 0.977. The van der Waals surface area contributed by atoms with Crippen LogP contribution in [0.25, 0.3) is 10.9 Å². The fourth-order valence-corrected chi connectivity index (χ4v) is 1.28.